The third-order valence-electron chi connectivity index (χ3n) is 2.50. The lowest BCUT2D eigenvalue weighted by molar-refractivity contribution is -0.0588. The fourth-order valence-corrected chi connectivity index (χ4v) is 1.92. The Morgan fingerprint density at radius 1 is 1.44 bits per heavy atom. The number of aromatic amines is 1. The highest BCUT2D eigenvalue weighted by Gasteiger charge is 2.28. The van der Waals surface area contributed by atoms with E-state index in [4.69, 9.17) is 4.74 Å². The smallest absolute Gasteiger partial charge is 0.293 e. The first-order valence-corrected chi connectivity index (χ1v) is 5.40. The Bertz CT molecular complexity index is 380. The molecule has 0 aliphatic carbocycles. The highest BCUT2D eigenvalue weighted by atomic mass is 16.5. The molecule has 1 fully saturated rings. The van der Waals surface area contributed by atoms with Crippen LogP contribution in [0.4, 0.5) is 0 Å². The third kappa shape index (κ3) is 2.21. The number of nitrogens with one attached hydrogen (secondary N) is 1. The highest BCUT2D eigenvalue weighted by molar-refractivity contribution is 5.90. The molecule has 1 N–H and O–H groups in total. The number of hydrogen-bond acceptors (Lipinski definition) is 4. The van der Waals surface area contributed by atoms with Crippen LogP contribution in [0.5, 0.6) is 0 Å². The summed E-state index contributed by atoms with van der Waals surface area (Å²) in [5, 5.41) is 6.54. The second-order valence-electron chi connectivity index (χ2n) is 4.21. The van der Waals surface area contributed by atoms with Crippen molar-refractivity contribution in [1.82, 2.24) is 20.1 Å². The van der Waals surface area contributed by atoms with Gasteiger partial charge in [0.25, 0.3) is 5.91 Å². The molecule has 1 aliphatic rings. The molecule has 1 aromatic rings. The molecule has 0 spiro atoms. The van der Waals surface area contributed by atoms with Gasteiger partial charge in [-0.05, 0) is 20.8 Å². The van der Waals surface area contributed by atoms with E-state index in [0.29, 0.717) is 18.9 Å². The van der Waals surface area contributed by atoms with Crippen molar-refractivity contribution in [3.8, 4) is 0 Å². The molecule has 16 heavy (non-hydrogen) atoms. The average molecular weight is 224 g/mol. The Kier molecular flexibility index (Phi) is 2.91. The predicted octanol–water partition coefficient (Wildman–Crippen LogP) is 0.363. The topological polar surface area (TPSA) is 71.1 Å². The summed E-state index contributed by atoms with van der Waals surface area (Å²) < 4.78 is 5.57. The van der Waals surface area contributed by atoms with Gasteiger partial charge in [-0.2, -0.15) is 0 Å². The van der Waals surface area contributed by atoms with Crippen molar-refractivity contribution in [2.75, 3.05) is 13.1 Å². The van der Waals surface area contributed by atoms with E-state index in [9.17, 15) is 4.79 Å². The van der Waals surface area contributed by atoms with Crippen LogP contribution in [0.1, 0.15) is 30.3 Å². The second kappa shape index (κ2) is 4.21. The van der Waals surface area contributed by atoms with Crippen LogP contribution in [-0.2, 0) is 4.74 Å². The molecule has 1 aliphatic heterocycles. The van der Waals surface area contributed by atoms with Gasteiger partial charge in [0.15, 0.2) is 0 Å². The zero-order valence-corrected chi connectivity index (χ0v) is 9.73. The van der Waals surface area contributed by atoms with Crippen molar-refractivity contribution in [1.29, 1.82) is 0 Å². The van der Waals surface area contributed by atoms with Crippen LogP contribution in [0.25, 0.3) is 0 Å². The number of amides is 1. The van der Waals surface area contributed by atoms with Gasteiger partial charge in [-0.1, -0.05) is 0 Å². The summed E-state index contributed by atoms with van der Waals surface area (Å²) in [6.07, 6.45) is 0.125. The van der Waals surface area contributed by atoms with Crippen LogP contribution < -0.4 is 0 Å². The quantitative estimate of drug-likeness (QED) is 0.747. The first-order valence-electron chi connectivity index (χ1n) is 5.40. The highest BCUT2D eigenvalue weighted by Crippen LogP contribution is 2.12. The number of rotatable bonds is 1. The summed E-state index contributed by atoms with van der Waals surface area (Å²) in [7, 11) is 0. The molecule has 2 rings (SSSR count). The first kappa shape index (κ1) is 11.1. The van der Waals surface area contributed by atoms with Crippen molar-refractivity contribution < 1.29 is 9.53 Å². The molecule has 0 saturated carbocycles. The lowest BCUT2D eigenvalue weighted by atomic mass is 10.2. The fraction of sp³-hybridized carbons (Fsp3) is 0.700. The van der Waals surface area contributed by atoms with E-state index >= 15 is 0 Å². The summed E-state index contributed by atoms with van der Waals surface area (Å²) >= 11 is 0. The molecule has 0 unspecified atom stereocenters. The van der Waals surface area contributed by atoms with Crippen molar-refractivity contribution in [3.05, 3.63) is 11.6 Å². The van der Waals surface area contributed by atoms with E-state index in [-0.39, 0.29) is 23.9 Å². The summed E-state index contributed by atoms with van der Waals surface area (Å²) in [6, 6.07) is 0. The number of H-pyrrole nitrogens is 1. The van der Waals surface area contributed by atoms with Crippen LogP contribution in [0, 0.1) is 6.92 Å². The van der Waals surface area contributed by atoms with Gasteiger partial charge in [0.05, 0.1) is 12.2 Å². The van der Waals surface area contributed by atoms with E-state index in [0.717, 1.165) is 0 Å². The van der Waals surface area contributed by atoms with E-state index < -0.39 is 0 Å². The summed E-state index contributed by atoms with van der Waals surface area (Å²) in [6.45, 7) is 6.88. The second-order valence-corrected chi connectivity index (χ2v) is 4.21. The molecule has 0 radical (unpaired) electrons. The van der Waals surface area contributed by atoms with Gasteiger partial charge in [-0.25, -0.2) is 4.98 Å². The molecule has 0 bridgehead atoms. The van der Waals surface area contributed by atoms with E-state index in [2.05, 4.69) is 15.2 Å². The lowest BCUT2D eigenvalue weighted by Crippen LogP contribution is -2.48. The van der Waals surface area contributed by atoms with Crippen LogP contribution in [0.2, 0.25) is 0 Å². The number of aryl methyl sites for hydroxylation is 1. The van der Waals surface area contributed by atoms with Gasteiger partial charge in [-0.3, -0.25) is 9.89 Å². The first-order chi connectivity index (χ1) is 7.56. The number of hydrogen-bond donors (Lipinski definition) is 1. The number of carbonyl (C=O) groups excluding carboxylic acids is 1. The maximum Gasteiger partial charge on any atom is 0.293 e. The number of aromatic nitrogens is 3. The number of ether oxygens (including phenoxy) is 1. The molecule has 2 atom stereocenters. The SMILES string of the molecule is Cc1nc(C(=O)N2C[C@@H](C)O[C@@H](C)C2)n[nH]1. The minimum atomic E-state index is -0.133. The van der Waals surface area contributed by atoms with Crippen molar-refractivity contribution in [3.63, 3.8) is 0 Å². The largest absolute Gasteiger partial charge is 0.372 e. The van der Waals surface area contributed by atoms with Gasteiger partial charge in [0, 0.05) is 13.1 Å². The monoisotopic (exact) mass is 224 g/mol. The Hall–Kier alpha value is -1.43. The van der Waals surface area contributed by atoms with Gasteiger partial charge in [0.2, 0.25) is 5.82 Å². The van der Waals surface area contributed by atoms with Crippen LogP contribution in [-0.4, -0.2) is 51.3 Å². The third-order valence-corrected chi connectivity index (χ3v) is 2.50. The van der Waals surface area contributed by atoms with Gasteiger partial charge >= 0.3 is 0 Å². The molecule has 88 valence electrons. The van der Waals surface area contributed by atoms with Crippen molar-refractivity contribution >= 4 is 5.91 Å². The van der Waals surface area contributed by atoms with Crippen LogP contribution >= 0.6 is 0 Å². The van der Waals surface area contributed by atoms with Gasteiger partial charge in [0.1, 0.15) is 5.82 Å². The van der Waals surface area contributed by atoms with E-state index in [1.807, 2.05) is 13.8 Å². The summed E-state index contributed by atoms with van der Waals surface area (Å²) in [5.41, 5.74) is 0. The van der Waals surface area contributed by atoms with Gasteiger partial charge < -0.3 is 9.64 Å². The Morgan fingerprint density at radius 2 is 2.06 bits per heavy atom. The van der Waals surface area contributed by atoms with Crippen LogP contribution in [0.3, 0.4) is 0 Å². The molecular formula is C10H16N4O2. The Labute approximate surface area is 94.0 Å². The zero-order chi connectivity index (χ0) is 11.7. The Balaban J connectivity index is 2.09. The van der Waals surface area contributed by atoms with Crippen LogP contribution in [0.15, 0.2) is 0 Å². The number of carbonyl (C=O) groups is 1. The minimum absolute atomic E-state index is 0.0627. The standard InChI is InChI=1S/C10H16N4O2/c1-6-4-14(5-7(2)16-6)10(15)9-11-8(3)12-13-9/h6-7H,4-5H2,1-3H3,(H,11,12,13)/t6-,7+. The molecule has 0 aromatic carbocycles. The molecule has 1 amide bonds. The summed E-state index contributed by atoms with van der Waals surface area (Å²) in [4.78, 5) is 17.8. The van der Waals surface area contributed by atoms with E-state index in [1.54, 1.807) is 11.8 Å². The van der Waals surface area contributed by atoms with E-state index in [1.165, 1.54) is 0 Å². The summed E-state index contributed by atoms with van der Waals surface area (Å²) in [5.74, 6) is 0.753. The molecule has 1 aromatic heterocycles. The van der Waals surface area contributed by atoms with Crippen molar-refractivity contribution in [2.24, 2.45) is 0 Å². The van der Waals surface area contributed by atoms with Crippen molar-refractivity contribution in [2.45, 2.75) is 33.0 Å². The minimum Gasteiger partial charge on any atom is -0.372 e. The normalized spacial score (nSPS) is 25.8. The number of morpholine rings is 1. The molecular weight excluding hydrogens is 208 g/mol. The fourth-order valence-electron chi connectivity index (χ4n) is 1.92. The number of nitrogens with zero attached hydrogens (tertiary/aromatic N) is 3. The lowest BCUT2D eigenvalue weighted by Gasteiger charge is -2.34. The molecule has 1 saturated heterocycles. The zero-order valence-electron chi connectivity index (χ0n) is 9.73. The Morgan fingerprint density at radius 3 is 2.56 bits per heavy atom. The van der Waals surface area contributed by atoms with Gasteiger partial charge in [-0.15, -0.1) is 5.10 Å². The maximum absolute atomic E-state index is 12.0. The molecule has 6 heteroatoms. The molecule has 2 heterocycles. The predicted molar refractivity (Wildman–Crippen MR) is 57.0 cm³/mol. The maximum atomic E-state index is 12.0. The average Bonchev–Trinajstić information content (AvgIpc) is 2.62. The molecule has 6 nitrogen and oxygen atoms in total.